The lowest BCUT2D eigenvalue weighted by Crippen LogP contribution is -2.07. The Bertz CT molecular complexity index is 330. The summed E-state index contributed by atoms with van der Waals surface area (Å²) < 4.78 is 6.63. The molecule has 0 aliphatic carbocycles. The fourth-order valence-corrected chi connectivity index (χ4v) is 1.36. The third-order valence-corrected chi connectivity index (χ3v) is 2.07. The Kier molecular flexibility index (Phi) is 4.60. The summed E-state index contributed by atoms with van der Waals surface area (Å²) in [4.78, 5) is 21.6. The molecule has 0 atom stereocenters. The van der Waals surface area contributed by atoms with Gasteiger partial charge in [0.1, 0.15) is 0 Å². The van der Waals surface area contributed by atoms with Crippen molar-refractivity contribution in [3.05, 3.63) is 24.0 Å². The van der Waals surface area contributed by atoms with Crippen LogP contribution in [-0.4, -0.2) is 23.4 Å². The molecule has 1 aromatic rings. The Balaban J connectivity index is 2.31. The minimum absolute atomic E-state index is 0.183. The lowest BCUT2D eigenvalue weighted by molar-refractivity contribution is -0.143. The predicted octanol–water partition coefficient (Wildman–Crippen LogP) is 1.64. The van der Waals surface area contributed by atoms with Crippen molar-refractivity contribution in [3.8, 4) is 0 Å². The summed E-state index contributed by atoms with van der Waals surface area (Å²) >= 11 is 0. The predicted molar refractivity (Wildman–Crippen MR) is 55.7 cm³/mol. The van der Waals surface area contributed by atoms with Crippen molar-refractivity contribution in [1.82, 2.24) is 4.57 Å². The number of aryl methyl sites for hydroxylation is 1. The van der Waals surface area contributed by atoms with Crippen LogP contribution < -0.4 is 0 Å². The molecule has 0 aromatic carbocycles. The first-order valence-corrected chi connectivity index (χ1v) is 5.04. The van der Waals surface area contributed by atoms with E-state index in [1.807, 2.05) is 16.8 Å². The Labute approximate surface area is 88.8 Å². The van der Waals surface area contributed by atoms with Crippen molar-refractivity contribution >= 4 is 12.3 Å². The number of aromatic nitrogens is 1. The quantitative estimate of drug-likeness (QED) is 0.528. The molecule has 0 saturated carbocycles. The lowest BCUT2D eigenvalue weighted by Gasteiger charge is -2.04. The molecule has 0 fully saturated rings. The summed E-state index contributed by atoms with van der Waals surface area (Å²) in [5.74, 6) is -0.183. The zero-order valence-electron chi connectivity index (χ0n) is 8.81. The molecule has 1 rings (SSSR count). The van der Waals surface area contributed by atoms with Gasteiger partial charge in [-0.3, -0.25) is 9.59 Å². The van der Waals surface area contributed by atoms with E-state index in [4.69, 9.17) is 4.74 Å². The lowest BCUT2D eigenvalue weighted by atomic mass is 10.3. The molecular weight excluding hydrogens is 194 g/mol. The molecule has 0 unspecified atom stereocenters. The van der Waals surface area contributed by atoms with E-state index in [0.29, 0.717) is 31.7 Å². The fraction of sp³-hybridized carbons (Fsp3) is 0.455. The van der Waals surface area contributed by atoms with Gasteiger partial charge in [0.25, 0.3) is 0 Å². The molecule has 0 bridgehead atoms. The Morgan fingerprint density at radius 2 is 2.40 bits per heavy atom. The number of hydrogen-bond donors (Lipinski definition) is 0. The van der Waals surface area contributed by atoms with Crippen LogP contribution in [0.5, 0.6) is 0 Å². The molecule has 0 aliphatic rings. The van der Waals surface area contributed by atoms with E-state index in [1.165, 1.54) is 0 Å². The molecule has 0 spiro atoms. The van der Waals surface area contributed by atoms with Gasteiger partial charge in [0, 0.05) is 19.2 Å². The van der Waals surface area contributed by atoms with Gasteiger partial charge in [0.2, 0.25) is 0 Å². The van der Waals surface area contributed by atoms with Crippen LogP contribution >= 0.6 is 0 Å². The third-order valence-electron chi connectivity index (χ3n) is 2.07. The first-order valence-electron chi connectivity index (χ1n) is 5.04. The standard InChI is InChI=1S/C11H15NO3/c1-2-15-11(14)6-4-8-12-7-3-5-10(12)9-13/h3,5,7,9H,2,4,6,8H2,1H3. The third kappa shape index (κ3) is 3.58. The zero-order chi connectivity index (χ0) is 11.1. The number of ether oxygens (including phenoxy) is 1. The van der Waals surface area contributed by atoms with Gasteiger partial charge in [-0.1, -0.05) is 0 Å². The number of rotatable bonds is 6. The minimum atomic E-state index is -0.183. The van der Waals surface area contributed by atoms with Crippen LogP contribution in [0.25, 0.3) is 0 Å². The first-order chi connectivity index (χ1) is 7.27. The number of esters is 1. The van der Waals surface area contributed by atoms with Crippen LogP contribution in [0.3, 0.4) is 0 Å². The zero-order valence-corrected chi connectivity index (χ0v) is 8.81. The van der Waals surface area contributed by atoms with Gasteiger partial charge in [-0.2, -0.15) is 0 Å². The van der Waals surface area contributed by atoms with Crippen molar-refractivity contribution in [2.45, 2.75) is 26.3 Å². The summed E-state index contributed by atoms with van der Waals surface area (Å²) in [7, 11) is 0. The summed E-state index contributed by atoms with van der Waals surface area (Å²) in [5, 5.41) is 0. The van der Waals surface area contributed by atoms with Crippen LogP contribution in [0.1, 0.15) is 30.3 Å². The molecule has 1 aromatic heterocycles. The highest BCUT2D eigenvalue weighted by atomic mass is 16.5. The highest BCUT2D eigenvalue weighted by Crippen LogP contribution is 2.03. The number of carbonyl (C=O) groups is 2. The van der Waals surface area contributed by atoms with E-state index in [2.05, 4.69) is 0 Å². The number of hydrogen-bond acceptors (Lipinski definition) is 3. The van der Waals surface area contributed by atoms with Crippen LogP contribution in [0.2, 0.25) is 0 Å². The number of aldehydes is 1. The first kappa shape index (κ1) is 11.5. The van der Waals surface area contributed by atoms with Crippen LogP contribution in [0, 0.1) is 0 Å². The van der Waals surface area contributed by atoms with Crippen molar-refractivity contribution in [3.63, 3.8) is 0 Å². The van der Waals surface area contributed by atoms with Gasteiger partial charge in [0.15, 0.2) is 6.29 Å². The summed E-state index contributed by atoms with van der Waals surface area (Å²) in [5.41, 5.74) is 0.638. The maximum atomic E-state index is 11.0. The smallest absolute Gasteiger partial charge is 0.305 e. The van der Waals surface area contributed by atoms with Gasteiger partial charge >= 0.3 is 5.97 Å². The molecule has 0 N–H and O–H groups in total. The molecule has 82 valence electrons. The van der Waals surface area contributed by atoms with Gasteiger partial charge in [-0.05, 0) is 25.5 Å². The summed E-state index contributed by atoms with van der Waals surface area (Å²) in [6.07, 6.45) is 3.72. The molecule has 0 saturated heterocycles. The molecule has 15 heavy (non-hydrogen) atoms. The van der Waals surface area contributed by atoms with Crippen molar-refractivity contribution in [1.29, 1.82) is 0 Å². The van der Waals surface area contributed by atoms with Crippen molar-refractivity contribution in [2.75, 3.05) is 6.61 Å². The fourth-order valence-electron chi connectivity index (χ4n) is 1.36. The summed E-state index contributed by atoms with van der Waals surface area (Å²) in [6.45, 7) is 2.87. The normalized spacial score (nSPS) is 9.93. The van der Waals surface area contributed by atoms with Gasteiger partial charge in [-0.25, -0.2) is 0 Å². The van der Waals surface area contributed by atoms with Crippen LogP contribution in [0.15, 0.2) is 18.3 Å². The highest BCUT2D eigenvalue weighted by Gasteiger charge is 2.03. The second-order valence-corrected chi connectivity index (χ2v) is 3.15. The number of nitrogens with zero attached hydrogens (tertiary/aromatic N) is 1. The average molecular weight is 209 g/mol. The SMILES string of the molecule is CCOC(=O)CCCn1cccc1C=O. The molecule has 1 heterocycles. The summed E-state index contributed by atoms with van der Waals surface area (Å²) in [6, 6.07) is 3.56. The van der Waals surface area contributed by atoms with Crippen molar-refractivity contribution < 1.29 is 14.3 Å². The Hall–Kier alpha value is -1.58. The van der Waals surface area contributed by atoms with E-state index in [-0.39, 0.29) is 5.97 Å². The van der Waals surface area contributed by atoms with Crippen LogP contribution in [-0.2, 0) is 16.1 Å². The molecule has 0 amide bonds. The van der Waals surface area contributed by atoms with E-state index >= 15 is 0 Å². The topological polar surface area (TPSA) is 48.3 Å². The molecular formula is C11H15NO3. The molecule has 0 radical (unpaired) electrons. The van der Waals surface area contributed by atoms with Gasteiger partial charge < -0.3 is 9.30 Å². The highest BCUT2D eigenvalue weighted by molar-refractivity contribution is 5.72. The van der Waals surface area contributed by atoms with E-state index in [9.17, 15) is 9.59 Å². The van der Waals surface area contributed by atoms with Gasteiger partial charge in [0.05, 0.1) is 12.3 Å². The van der Waals surface area contributed by atoms with Crippen molar-refractivity contribution in [2.24, 2.45) is 0 Å². The maximum Gasteiger partial charge on any atom is 0.305 e. The monoisotopic (exact) mass is 209 g/mol. The largest absolute Gasteiger partial charge is 0.466 e. The van der Waals surface area contributed by atoms with Gasteiger partial charge in [-0.15, -0.1) is 0 Å². The number of carbonyl (C=O) groups excluding carboxylic acids is 2. The second-order valence-electron chi connectivity index (χ2n) is 3.15. The average Bonchev–Trinajstić information content (AvgIpc) is 2.66. The Morgan fingerprint density at radius 3 is 3.07 bits per heavy atom. The minimum Gasteiger partial charge on any atom is -0.466 e. The maximum absolute atomic E-state index is 11.0. The molecule has 0 aliphatic heterocycles. The van der Waals surface area contributed by atoms with E-state index in [0.717, 1.165) is 6.29 Å². The molecule has 4 nitrogen and oxygen atoms in total. The second kappa shape index (κ2) is 6.01. The molecule has 4 heteroatoms. The van der Waals surface area contributed by atoms with Crippen LogP contribution in [0.4, 0.5) is 0 Å². The van der Waals surface area contributed by atoms with E-state index in [1.54, 1.807) is 13.0 Å². The van der Waals surface area contributed by atoms with E-state index < -0.39 is 0 Å². The Morgan fingerprint density at radius 1 is 1.60 bits per heavy atom.